The predicted octanol–water partition coefficient (Wildman–Crippen LogP) is 5.57. The van der Waals surface area contributed by atoms with Gasteiger partial charge in [-0.1, -0.05) is 36.8 Å². The summed E-state index contributed by atoms with van der Waals surface area (Å²) in [6, 6.07) is 9.75. The van der Waals surface area contributed by atoms with Gasteiger partial charge in [-0.05, 0) is 112 Å². The third kappa shape index (κ3) is 3.12. The summed E-state index contributed by atoms with van der Waals surface area (Å²) < 4.78 is 28.2. The lowest BCUT2D eigenvalue weighted by atomic mass is 9.47. The van der Waals surface area contributed by atoms with Crippen LogP contribution in [0.1, 0.15) is 65.2 Å². The summed E-state index contributed by atoms with van der Waals surface area (Å²) in [6.45, 7) is 6.31. The van der Waals surface area contributed by atoms with Crippen LogP contribution in [-0.2, 0) is 10.0 Å². The molecule has 1 aliphatic heterocycles. The van der Waals surface area contributed by atoms with Crippen molar-refractivity contribution in [2.45, 2.75) is 82.2 Å². The summed E-state index contributed by atoms with van der Waals surface area (Å²) in [5.41, 5.74) is 2.38. The Kier molecular flexibility index (Phi) is 5.41. The molecule has 1 spiro atoms. The fourth-order valence-electron chi connectivity index (χ4n) is 9.71. The Hall–Kier alpha value is -1.17. The molecule has 0 aromatic heterocycles. The van der Waals surface area contributed by atoms with Crippen molar-refractivity contribution in [1.29, 1.82) is 0 Å². The van der Waals surface area contributed by atoms with E-state index in [4.69, 9.17) is 0 Å². The summed E-state index contributed by atoms with van der Waals surface area (Å²) in [7, 11) is 0.693. The largest absolute Gasteiger partial charge is 0.303 e. The second-order valence-corrected chi connectivity index (χ2v) is 14.6. The van der Waals surface area contributed by atoms with Gasteiger partial charge < -0.3 is 4.90 Å². The molecular formula is C29H42N2O2S. The van der Waals surface area contributed by atoms with Crippen molar-refractivity contribution in [1.82, 2.24) is 9.21 Å². The highest BCUT2D eigenvalue weighted by atomic mass is 32.2. The lowest BCUT2D eigenvalue weighted by molar-refractivity contribution is -0.0419. The smallest absolute Gasteiger partial charge is 0.243 e. The van der Waals surface area contributed by atoms with Gasteiger partial charge in [0.25, 0.3) is 0 Å². The van der Waals surface area contributed by atoms with Gasteiger partial charge in [-0.25, -0.2) is 8.42 Å². The number of likely N-dealkylation sites (tertiary alicyclic amines) is 1. The fourth-order valence-corrected chi connectivity index (χ4v) is 11.1. The van der Waals surface area contributed by atoms with Gasteiger partial charge in [0.15, 0.2) is 0 Å². The van der Waals surface area contributed by atoms with Crippen LogP contribution >= 0.6 is 0 Å². The number of fused-ring (bicyclic) bond motifs is 4. The molecule has 0 bridgehead atoms. The SMILES string of the molecule is C[C@H]1C2CCC3[C@@H]4CC=C5C[C@@H](N(C)S(=O)(=O)c6ccccc6)CC[C@]5(C)C4CC[C@@]32CN1C. The number of sulfonamides is 1. The molecule has 34 heavy (non-hydrogen) atoms. The number of hydrogen-bond acceptors (Lipinski definition) is 3. The molecule has 1 saturated heterocycles. The van der Waals surface area contributed by atoms with Gasteiger partial charge in [0.2, 0.25) is 10.0 Å². The van der Waals surface area contributed by atoms with Crippen LogP contribution in [0.5, 0.6) is 0 Å². The molecule has 3 saturated carbocycles. The van der Waals surface area contributed by atoms with Crippen molar-refractivity contribution >= 4 is 10.0 Å². The second-order valence-electron chi connectivity index (χ2n) is 12.6. The molecule has 1 heterocycles. The van der Waals surface area contributed by atoms with Crippen LogP contribution in [0.4, 0.5) is 0 Å². The van der Waals surface area contributed by atoms with E-state index in [2.05, 4.69) is 31.9 Å². The first-order valence-electron chi connectivity index (χ1n) is 13.6. The number of allylic oxidation sites excluding steroid dienone is 1. The van der Waals surface area contributed by atoms with Crippen LogP contribution in [0.25, 0.3) is 0 Å². The molecule has 0 N–H and O–H groups in total. The number of benzene rings is 1. The Bertz CT molecular complexity index is 1080. The first kappa shape index (κ1) is 23.2. The van der Waals surface area contributed by atoms with Gasteiger partial charge in [0.05, 0.1) is 4.90 Å². The third-order valence-electron chi connectivity index (χ3n) is 11.6. The van der Waals surface area contributed by atoms with E-state index in [1.807, 2.05) is 18.2 Å². The number of rotatable bonds is 3. The molecule has 5 aliphatic rings. The standard InChI is InChI=1S/C29H42N2O2S/c1-20-25-12-13-27-24-11-10-21-18-22(31(4)34(32,33)23-8-6-5-7-9-23)14-16-28(21,2)26(24)15-17-29(25,27)19-30(20)3/h5-10,20,22,24-27H,11-19H2,1-4H3/t20-,22-,24+,25?,26?,27?,28-,29-/m0/s1. The molecule has 5 heteroatoms. The molecule has 4 aliphatic carbocycles. The molecule has 1 aromatic carbocycles. The lowest BCUT2D eigenvalue weighted by Crippen LogP contribution is -2.53. The fraction of sp³-hybridized carbons (Fsp3) is 0.724. The van der Waals surface area contributed by atoms with Crippen LogP contribution in [0.15, 0.2) is 46.9 Å². The first-order valence-corrected chi connectivity index (χ1v) is 15.1. The average molecular weight is 483 g/mol. The van der Waals surface area contributed by atoms with Gasteiger partial charge in [-0.15, -0.1) is 0 Å². The number of hydrogen-bond donors (Lipinski definition) is 0. The maximum Gasteiger partial charge on any atom is 0.243 e. The van der Waals surface area contributed by atoms with Crippen LogP contribution < -0.4 is 0 Å². The zero-order valence-electron chi connectivity index (χ0n) is 21.4. The first-order chi connectivity index (χ1) is 16.2. The van der Waals surface area contributed by atoms with Crippen molar-refractivity contribution in [2.75, 3.05) is 20.6 Å². The summed E-state index contributed by atoms with van der Waals surface area (Å²) >= 11 is 0. The van der Waals surface area contributed by atoms with Gasteiger partial charge in [0.1, 0.15) is 0 Å². The average Bonchev–Trinajstić information content (AvgIpc) is 3.32. The molecule has 0 radical (unpaired) electrons. The molecule has 4 fully saturated rings. The highest BCUT2D eigenvalue weighted by Crippen LogP contribution is 2.68. The van der Waals surface area contributed by atoms with E-state index in [1.165, 1.54) is 38.6 Å². The van der Waals surface area contributed by atoms with Crippen LogP contribution in [0.2, 0.25) is 0 Å². The van der Waals surface area contributed by atoms with E-state index in [1.54, 1.807) is 29.1 Å². The Labute approximate surface area is 206 Å². The third-order valence-corrected chi connectivity index (χ3v) is 13.5. The number of nitrogens with zero attached hydrogens (tertiary/aromatic N) is 2. The van der Waals surface area contributed by atoms with Crippen LogP contribution in [-0.4, -0.2) is 50.3 Å². The molecule has 6 rings (SSSR count). The van der Waals surface area contributed by atoms with E-state index < -0.39 is 10.0 Å². The summed E-state index contributed by atoms with van der Waals surface area (Å²) in [5.74, 6) is 3.39. The second kappa shape index (κ2) is 7.91. The Morgan fingerprint density at radius 1 is 1.00 bits per heavy atom. The molecule has 186 valence electrons. The Morgan fingerprint density at radius 3 is 2.50 bits per heavy atom. The Morgan fingerprint density at radius 2 is 1.74 bits per heavy atom. The minimum atomic E-state index is -3.45. The molecular weight excluding hydrogens is 440 g/mol. The predicted molar refractivity (Wildman–Crippen MR) is 137 cm³/mol. The summed E-state index contributed by atoms with van der Waals surface area (Å²) in [5, 5.41) is 0. The highest BCUT2D eigenvalue weighted by molar-refractivity contribution is 7.89. The maximum atomic E-state index is 13.3. The van der Waals surface area contributed by atoms with Crippen molar-refractivity contribution in [3.8, 4) is 0 Å². The van der Waals surface area contributed by atoms with E-state index in [0.29, 0.717) is 10.3 Å². The van der Waals surface area contributed by atoms with Crippen LogP contribution in [0, 0.1) is 34.5 Å². The minimum Gasteiger partial charge on any atom is -0.303 e. The van der Waals surface area contributed by atoms with Crippen molar-refractivity contribution in [3.63, 3.8) is 0 Å². The highest BCUT2D eigenvalue weighted by Gasteiger charge is 2.64. The van der Waals surface area contributed by atoms with Gasteiger partial charge in [-0.3, -0.25) is 0 Å². The lowest BCUT2D eigenvalue weighted by Gasteiger charge is -2.58. The Balaban J connectivity index is 1.24. The monoisotopic (exact) mass is 482 g/mol. The normalized spacial score (nSPS) is 44.2. The summed E-state index contributed by atoms with van der Waals surface area (Å²) in [4.78, 5) is 3.06. The van der Waals surface area contributed by atoms with E-state index in [9.17, 15) is 8.42 Å². The molecule has 0 amide bonds. The maximum absolute atomic E-state index is 13.3. The van der Waals surface area contributed by atoms with Crippen molar-refractivity contribution in [3.05, 3.63) is 42.0 Å². The molecule has 1 aromatic rings. The van der Waals surface area contributed by atoms with Crippen molar-refractivity contribution in [2.24, 2.45) is 34.5 Å². The van der Waals surface area contributed by atoms with E-state index >= 15 is 0 Å². The minimum absolute atomic E-state index is 0.0659. The van der Waals surface area contributed by atoms with Crippen LogP contribution in [0.3, 0.4) is 0 Å². The molecule has 8 atom stereocenters. The summed E-state index contributed by atoms with van der Waals surface area (Å²) in [6.07, 6.45) is 12.4. The van der Waals surface area contributed by atoms with Crippen molar-refractivity contribution < 1.29 is 8.42 Å². The molecule has 3 unspecified atom stereocenters. The van der Waals surface area contributed by atoms with E-state index in [0.717, 1.165) is 49.0 Å². The zero-order valence-corrected chi connectivity index (χ0v) is 22.2. The molecule has 4 nitrogen and oxygen atoms in total. The van der Waals surface area contributed by atoms with Gasteiger partial charge in [-0.2, -0.15) is 4.31 Å². The van der Waals surface area contributed by atoms with Gasteiger partial charge >= 0.3 is 0 Å². The van der Waals surface area contributed by atoms with E-state index in [-0.39, 0.29) is 11.5 Å². The quantitative estimate of drug-likeness (QED) is 0.529. The van der Waals surface area contributed by atoms with Gasteiger partial charge in [0, 0.05) is 25.7 Å². The zero-order chi connectivity index (χ0) is 23.9. The topological polar surface area (TPSA) is 40.6 Å².